The topological polar surface area (TPSA) is 64.9 Å². The molecule has 20 heavy (non-hydrogen) atoms. The van der Waals surface area contributed by atoms with Crippen LogP contribution in [0.5, 0.6) is 0 Å². The van der Waals surface area contributed by atoms with E-state index in [-0.39, 0.29) is 12.0 Å². The number of thioether (sulfide) groups is 1. The van der Waals surface area contributed by atoms with Gasteiger partial charge in [-0.15, -0.1) is 11.8 Å². The van der Waals surface area contributed by atoms with Crippen LogP contribution in [0.3, 0.4) is 0 Å². The van der Waals surface area contributed by atoms with Crippen LogP contribution in [0.4, 0.5) is 0 Å². The Morgan fingerprint density at radius 3 is 2.30 bits per heavy atom. The average molecular weight is 291 g/mol. The lowest BCUT2D eigenvalue weighted by Crippen LogP contribution is -2.28. The monoisotopic (exact) mass is 291 g/mol. The molecule has 0 bridgehead atoms. The molecule has 0 fully saturated rings. The molecule has 2 aromatic rings. The van der Waals surface area contributed by atoms with Crippen LogP contribution in [-0.4, -0.2) is 22.4 Å². The van der Waals surface area contributed by atoms with E-state index in [1.54, 1.807) is 11.8 Å². The second kappa shape index (κ2) is 6.41. The zero-order valence-electron chi connectivity index (χ0n) is 12.3. The number of nitrogens with zero attached hydrogens (tertiary/aromatic N) is 2. The molecule has 1 heterocycles. The van der Waals surface area contributed by atoms with Crippen LogP contribution in [-0.2, 0) is 0 Å². The first-order valence-corrected chi connectivity index (χ1v) is 7.99. The van der Waals surface area contributed by atoms with Gasteiger partial charge in [-0.05, 0) is 43.4 Å². The Kier molecular flexibility index (Phi) is 4.83. The predicted molar refractivity (Wildman–Crippen MR) is 82.7 cm³/mol. The summed E-state index contributed by atoms with van der Waals surface area (Å²) in [5.41, 5.74) is 6.99. The molecular formula is C15H21N3OS. The molecule has 0 saturated carbocycles. The van der Waals surface area contributed by atoms with Crippen molar-refractivity contribution in [1.29, 1.82) is 0 Å². The lowest BCUT2D eigenvalue weighted by atomic mass is 9.90. The van der Waals surface area contributed by atoms with E-state index in [4.69, 9.17) is 10.3 Å². The molecule has 0 aliphatic heterocycles. The highest BCUT2D eigenvalue weighted by molar-refractivity contribution is 7.98. The second-order valence-corrected chi connectivity index (χ2v) is 6.19. The molecule has 1 aromatic carbocycles. The number of benzene rings is 1. The normalized spacial score (nSPS) is 14.5. The molecule has 2 rings (SSSR count). The van der Waals surface area contributed by atoms with Gasteiger partial charge in [0, 0.05) is 16.5 Å². The van der Waals surface area contributed by atoms with Gasteiger partial charge in [0.1, 0.15) is 0 Å². The molecular weight excluding hydrogens is 270 g/mol. The Hall–Kier alpha value is -1.33. The summed E-state index contributed by atoms with van der Waals surface area (Å²) in [6.45, 7) is 6.21. The Morgan fingerprint density at radius 1 is 1.15 bits per heavy atom. The summed E-state index contributed by atoms with van der Waals surface area (Å²) in [6.07, 6.45) is 2.05. The van der Waals surface area contributed by atoms with E-state index in [0.717, 1.165) is 5.56 Å². The number of hydrogen-bond acceptors (Lipinski definition) is 5. The molecule has 0 aliphatic carbocycles. The van der Waals surface area contributed by atoms with E-state index in [1.165, 1.54) is 4.90 Å². The Bertz CT molecular complexity index is 541. The van der Waals surface area contributed by atoms with Crippen molar-refractivity contribution in [2.45, 2.75) is 37.6 Å². The minimum atomic E-state index is -0.0119. The minimum Gasteiger partial charge on any atom is -0.339 e. The highest BCUT2D eigenvalue weighted by Gasteiger charge is 2.26. The molecule has 108 valence electrons. The van der Waals surface area contributed by atoms with Crippen molar-refractivity contribution in [3.05, 3.63) is 30.2 Å². The quantitative estimate of drug-likeness (QED) is 0.853. The molecule has 1 aromatic heterocycles. The zero-order valence-corrected chi connectivity index (χ0v) is 13.1. The van der Waals surface area contributed by atoms with E-state index < -0.39 is 0 Å². The maximum Gasteiger partial charge on any atom is 0.231 e. The SMILES string of the molecule is CSc1ccc(-c2noc(C(C(C)C)C(C)N)n2)cc1. The number of aromatic nitrogens is 2. The summed E-state index contributed by atoms with van der Waals surface area (Å²) in [4.78, 5) is 5.73. The first-order valence-electron chi connectivity index (χ1n) is 6.76. The van der Waals surface area contributed by atoms with Crippen molar-refractivity contribution in [2.24, 2.45) is 11.7 Å². The molecule has 0 radical (unpaired) electrons. The predicted octanol–water partition coefficient (Wildman–Crippen LogP) is 3.55. The second-order valence-electron chi connectivity index (χ2n) is 5.31. The van der Waals surface area contributed by atoms with E-state index in [1.807, 2.05) is 19.1 Å². The van der Waals surface area contributed by atoms with Gasteiger partial charge < -0.3 is 10.3 Å². The van der Waals surface area contributed by atoms with Gasteiger partial charge in [-0.3, -0.25) is 0 Å². The maximum atomic E-state index is 6.02. The summed E-state index contributed by atoms with van der Waals surface area (Å²) in [6, 6.07) is 8.12. The number of hydrogen-bond donors (Lipinski definition) is 1. The van der Waals surface area contributed by atoms with Gasteiger partial charge in [0.15, 0.2) is 0 Å². The molecule has 2 atom stereocenters. The Labute approximate surface area is 124 Å². The fraction of sp³-hybridized carbons (Fsp3) is 0.467. The molecule has 4 nitrogen and oxygen atoms in total. The standard InChI is InChI=1S/C15H21N3OS/c1-9(2)13(10(3)16)15-17-14(18-19-15)11-5-7-12(20-4)8-6-11/h5-10,13H,16H2,1-4H3. The van der Waals surface area contributed by atoms with Gasteiger partial charge in [0.2, 0.25) is 11.7 Å². The van der Waals surface area contributed by atoms with Crippen LogP contribution in [0.15, 0.2) is 33.7 Å². The molecule has 5 heteroatoms. The van der Waals surface area contributed by atoms with Gasteiger partial charge in [-0.25, -0.2) is 0 Å². The van der Waals surface area contributed by atoms with Crippen LogP contribution in [0, 0.1) is 5.92 Å². The van der Waals surface area contributed by atoms with E-state index in [2.05, 4.69) is 42.4 Å². The van der Waals surface area contributed by atoms with Gasteiger partial charge in [-0.1, -0.05) is 19.0 Å². The highest BCUT2D eigenvalue weighted by atomic mass is 32.2. The lowest BCUT2D eigenvalue weighted by Gasteiger charge is -2.20. The maximum absolute atomic E-state index is 6.02. The van der Waals surface area contributed by atoms with E-state index in [9.17, 15) is 0 Å². The molecule has 0 spiro atoms. The van der Waals surface area contributed by atoms with Crippen LogP contribution in [0.25, 0.3) is 11.4 Å². The zero-order chi connectivity index (χ0) is 14.7. The molecule has 2 unspecified atom stereocenters. The summed E-state index contributed by atoms with van der Waals surface area (Å²) in [7, 11) is 0. The first-order chi connectivity index (χ1) is 9.52. The first kappa shape index (κ1) is 15.1. The van der Waals surface area contributed by atoms with Crippen molar-refractivity contribution >= 4 is 11.8 Å². The van der Waals surface area contributed by atoms with Gasteiger partial charge in [-0.2, -0.15) is 4.98 Å². The lowest BCUT2D eigenvalue weighted by molar-refractivity contribution is 0.300. The summed E-state index contributed by atoms with van der Waals surface area (Å²) in [5.74, 6) is 1.70. The Morgan fingerprint density at radius 2 is 1.80 bits per heavy atom. The molecule has 2 N–H and O–H groups in total. The Balaban J connectivity index is 2.27. The fourth-order valence-electron chi connectivity index (χ4n) is 2.35. The van der Waals surface area contributed by atoms with Crippen molar-refractivity contribution in [3.8, 4) is 11.4 Å². The molecule has 0 saturated heterocycles. The van der Waals surface area contributed by atoms with Crippen molar-refractivity contribution in [1.82, 2.24) is 10.1 Å². The fourth-order valence-corrected chi connectivity index (χ4v) is 2.75. The molecule has 0 amide bonds. The summed E-state index contributed by atoms with van der Waals surface area (Å²) >= 11 is 1.71. The highest BCUT2D eigenvalue weighted by Crippen LogP contribution is 2.28. The minimum absolute atomic E-state index is 0.0119. The van der Waals surface area contributed by atoms with Crippen molar-refractivity contribution in [3.63, 3.8) is 0 Å². The smallest absolute Gasteiger partial charge is 0.231 e. The average Bonchev–Trinajstić information content (AvgIpc) is 2.87. The third-order valence-electron chi connectivity index (χ3n) is 3.36. The van der Waals surface area contributed by atoms with Gasteiger partial charge in [0.05, 0.1) is 5.92 Å². The summed E-state index contributed by atoms with van der Waals surface area (Å²) < 4.78 is 5.41. The van der Waals surface area contributed by atoms with Crippen molar-refractivity contribution < 1.29 is 4.52 Å². The number of rotatable bonds is 5. The van der Waals surface area contributed by atoms with E-state index >= 15 is 0 Å². The summed E-state index contributed by atoms with van der Waals surface area (Å²) in [5, 5.41) is 4.08. The van der Waals surface area contributed by atoms with Gasteiger partial charge in [0.25, 0.3) is 0 Å². The van der Waals surface area contributed by atoms with Crippen LogP contribution >= 0.6 is 11.8 Å². The van der Waals surface area contributed by atoms with E-state index in [0.29, 0.717) is 17.6 Å². The van der Waals surface area contributed by atoms with Crippen LogP contribution < -0.4 is 5.73 Å². The largest absolute Gasteiger partial charge is 0.339 e. The third-order valence-corrected chi connectivity index (χ3v) is 4.10. The van der Waals surface area contributed by atoms with Crippen LogP contribution in [0.2, 0.25) is 0 Å². The third kappa shape index (κ3) is 3.22. The van der Waals surface area contributed by atoms with Crippen molar-refractivity contribution in [2.75, 3.05) is 6.26 Å². The van der Waals surface area contributed by atoms with Crippen LogP contribution in [0.1, 0.15) is 32.6 Å². The number of nitrogens with two attached hydrogens (primary N) is 1. The van der Waals surface area contributed by atoms with Gasteiger partial charge >= 0.3 is 0 Å². The molecule has 0 aliphatic rings.